The molecule has 1 saturated carbocycles. The number of nitrogens with one attached hydrogen (secondary N) is 2. The minimum absolute atomic E-state index is 0.0443. The summed E-state index contributed by atoms with van der Waals surface area (Å²) in [6, 6.07) is 0.244. The van der Waals surface area contributed by atoms with Gasteiger partial charge in [0.2, 0.25) is 5.91 Å². The third-order valence-corrected chi connectivity index (χ3v) is 3.77. The number of rotatable bonds is 6. The molecule has 100 valence electrons. The summed E-state index contributed by atoms with van der Waals surface area (Å²) in [6.07, 6.45) is 1.51. The van der Waals surface area contributed by atoms with Crippen molar-refractivity contribution in [2.24, 2.45) is 11.3 Å². The molecular weight excluding hydrogens is 216 g/mol. The molecule has 4 heteroatoms. The van der Waals surface area contributed by atoms with Gasteiger partial charge in [0.05, 0.1) is 12.6 Å². The Kier molecular flexibility index (Phi) is 4.95. The monoisotopic (exact) mass is 242 g/mol. The summed E-state index contributed by atoms with van der Waals surface area (Å²) in [5, 5.41) is 15.7. The van der Waals surface area contributed by atoms with Crippen LogP contribution >= 0.6 is 0 Å². The summed E-state index contributed by atoms with van der Waals surface area (Å²) in [4.78, 5) is 11.5. The van der Waals surface area contributed by atoms with Crippen LogP contribution in [0.3, 0.4) is 0 Å². The summed E-state index contributed by atoms with van der Waals surface area (Å²) in [5.41, 5.74) is -0.113. The van der Waals surface area contributed by atoms with Crippen LogP contribution in [0.2, 0.25) is 0 Å². The molecule has 2 unspecified atom stereocenters. The van der Waals surface area contributed by atoms with E-state index in [1.165, 1.54) is 0 Å². The zero-order valence-electron chi connectivity index (χ0n) is 11.4. The van der Waals surface area contributed by atoms with Crippen molar-refractivity contribution in [1.82, 2.24) is 10.6 Å². The van der Waals surface area contributed by atoms with Crippen LogP contribution in [0.15, 0.2) is 0 Å². The van der Waals surface area contributed by atoms with Crippen LogP contribution in [0.1, 0.15) is 40.5 Å². The number of carbonyl (C=O) groups is 1. The Hall–Kier alpha value is -0.610. The van der Waals surface area contributed by atoms with E-state index in [9.17, 15) is 9.90 Å². The van der Waals surface area contributed by atoms with Crippen molar-refractivity contribution < 1.29 is 9.90 Å². The number of hydrogen-bond acceptors (Lipinski definition) is 3. The Morgan fingerprint density at radius 1 is 1.47 bits per heavy atom. The van der Waals surface area contributed by atoms with Crippen molar-refractivity contribution >= 4 is 5.91 Å². The number of hydrogen-bond donors (Lipinski definition) is 3. The van der Waals surface area contributed by atoms with Gasteiger partial charge in [-0.2, -0.15) is 0 Å². The van der Waals surface area contributed by atoms with Crippen molar-refractivity contribution in [2.75, 3.05) is 13.1 Å². The number of carbonyl (C=O) groups excluding carboxylic acids is 1. The highest BCUT2D eigenvalue weighted by molar-refractivity contribution is 5.78. The molecule has 0 saturated heterocycles. The Morgan fingerprint density at radius 2 is 2.12 bits per heavy atom. The standard InChI is InChI=1S/C13H26N2O2/c1-9(2)5-6-14-12(17)8-15-10-7-11(16)13(10,3)4/h9-11,15-16H,5-8H2,1-4H3,(H,14,17). The maximum absolute atomic E-state index is 11.5. The van der Waals surface area contributed by atoms with Crippen molar-refractivity contribution in [3.63, 3.8) is 0 Å². The van der Waals surface area contributed by atoms with Gasteiger partial charge < -0.3 is 15.7 Å². The van der Waals surface area contributed by atoms with Gasteiger partial charge in [-0.25, -0.2) is 0 Å². The second kappa shape index (κ2) is 5.83. The lowest BCUT2D eigenvalue weighted by atomic mass is 9.64. The van der Waals surface area contributed by atoms with E-state index in [-0.39, 0.29) is 23.5 Å². The third-order valence-electron chi connectivity index (χ3n) is 3.77. The average Bonchev–Trinajstić information content (AvgIpc) is 2.23. The van der Waals surface area contributed by atoms with Gasteiger partial charge in [0.25, 0.3) is 0 Å². The van der Waals surface area contributed by atoms with Crippen LogP contribution in [0.5, 0.6) is 0 Å². The van der Waals surface area contributed by atoms with Gasteiger partial charge in [-0.05, 0) is 18.8 Å². The first kappa shape index (κ1) is 14.5. The van der Waals surface area contributed by atoms with Gasteiger partial charge in [0.15, 0.2) is 0 Å². The average molecular weight is 242 g/mol. The second-order valence-corrected chi connectivity index (χ2v) is 6.04. The number of aliphatic hydroxyl groups excluding tert-OH is 1. The molecule has 0 aliphatic heterocycles. The van der Waals surface area contributed by atoms with Gasteiger partial charge >= 0.3 is 0 Å². The molecule has 0 aromatic carbocycles. The maximum Gasteiger partial charge on any atom is 0.233 e. The van der Waals surface area contributed by atoms with Gasteiger partial charge in [-0.15, -0.1) is 0 Å². The van der Waals surface area contributed by atoms with Crippen LogP contribution in [-0.4, -0.2) is 36.2 Å². The molecule has 0 aromatic rings. The highest BCUT2D eigenvalue weighted by atomic mass is 16.3. The lowest BCUT2D eigenvalue weighted by Gasteiger charge is -2.49. The van der Waals surface area contributed by atoms with E-state index in [0.29, 0.717) is 12.5 Å². The van der Waals surface area contributed by atoms with E-state index in [1.807, 2.05) is 13.8 Å². The van der Waals surface area contributed by atoms with E-state index in [2.05, 4.69) is 24.5 Å². The molecule has 1 aliphatic carbocycles. The predicted octanol–water partition coefficient (Wildman–Crippen LogP) is 0.898. The molecule has 1 aliphatic rings. The van der Waals surface area contributed by atoms with Gasteiger partial charge in [0.1, 0.15) is 0 Å². The van der Waals surface area contributed by atoms with E-state index >= 15 is 0 Å². The maximum atomic E-state index is 11.5. The highest BCUT2D eigenvalue weighted by Gasteiger charge is 2.46. The Bertz CT molecular complexity index is 264. The summed E-state index contributed by atoms with van der Waals surface area (Å²) >= 11 is 0. The normalized spacial score (nSPS) is 26.7. The lowest BCUT2D eigenvalue weighted by Crippen LogP contribution is -2.61. The van der Waals surface area contributed by atoms with Crippen molar-refractivity contribution in [3.05, 3.63) is 0 Å². The topological polar surface area (TPSA) is 61.4 Å². The Morgan fingerprint density at radius 3 is 2.59 bits per heavy atom. The second-order valence-electron chi connectivity index (χ2n) is 6.04. The van der Waals surface area contributed by atoms with Crippen LogP contribution < -0.4 is 10.6 Å². The molecule has 4 nitrogen and oxygen atoms in total. The van der Waals surface area contributed by atoms with Crippen LogP contribution in [0.4, 0.5) is 0 Å². The summed E-state index contributed by atoms with van der Waals surface area (Å²) in [7, 11) is 0. The zero-order valence-corrected chi connectivity index (χ0v) is 11.4. The lowest BCUT2D eigenvalue weighted by molar-refractivity contribution is -0.122. The molecule has 0 radical (unpaired) electrons. The summed E-state index contributed by atoms with van der Waals surface area (Å²) in [6.45, 7) is 9.42. The van der Waals surface area contributed by atoms with E-state index in [4.69, 9.17) is 0 Å². The van der Waals surface area contributed by atoms with Crippen LogP contribution in [0.25, 0.3) is 0 Å². The van der Waals surface area contributed by atoms with E-state index in [0.717, 1.165) is 19.4 Å². The quantitative estimate of drug-likeness (QED) is 0.648. The fraction of sp³-hybridized carbons (Fsp3) is 0.923. The Balaban J connectivity index is 2.13. The van der Waals surface area contributed by atoms with Gasteiger partial charge in [-0.3, -0.25) is 4.79 Å². The predicted molar refractivity (Wildman–Crippen MR) is 68.7 cm³/mol. The third kappa shape index (κ3) is 3.96. The van der Waals surface area contributed by atoms with Crippen molar-refractivity contribution in [2.45, 2.75) is 52.7 Å². The molecule has 0 spiro atoms. The first-order chi connectivity index (χ1) is 7.84. The van der Waals surface area contributed by atoms with Crippen molar-refractivity contribution in [1.29, 1.82) is 0 Å². The molecule has 1 rings (SSSR count). The van der Waals surface area contributed by atoms with Gasteiger partial charge in [0, 0.05) is 18.0 Å². The Labute approximate surface area is 104 Å². The zero-order chi connectivity index (χ0) is 13.1. The largest absolute Gasteiger partial charge is 0.392 e. The van der Waals surface area contributed by atoms with Crippen LogP contribution in [0, 0.1) is 11.3 Å². The van der Waals surface area contributed by atoms with E-state index in [1.54, 1.807) is 0 Å². The highest BCUT2D eigenvalue weighted by Crippen LogP contribution is 2.40. The molecule has 17 heavy (non-hydrogen) atoms. The van der Waals surface area contributed by atoms with Crippen molar-refractivity contribution in [3.8, 4) is 0 Å². The number of amides is 1. The van der Waals surface area contributed by atoms with E-state index < -0.39 is 0 Å². The fourth-order valence-electron chi connectivity index (χ4n) is 2.03. The first-order valence-corrected chi connectivity index (χ1v) is 6.52. The summed E-state index contributed by atoms with van der Waals surface area (Å²) < 4.78 is 0. The smallest absolute Gasteiger partial charge is 0.233 e. The number of aliphatic hydroxyl groups is 1. The van der Waals surface area contributed by atoms with Crippen LogP contribution in [-0.2, 0) is 4.79 Å². The molecule has 2 atom stereocenters. The molecule has 1 amide bonds. The minimum Gasteiger partial charge on any atom is -0.392 e. The molecule has 0 bridgehead atoms. The fourth-order valence-corrected chi connectivity index (χ4v) is 2.03. The molecular formula is C13H26N2O2. The SMILES string of the molecule is CC(C)CCNC(=O)CNC1CC(O)C1(C)C. The molecule has 1 fully saturated rings. The first-order valence-electron chi connectivity index (χ1n) is 6.52. The van der Waals surface area contributed by atoms with Gasteiger partial charge in [-0.1, -0.05) is 27.7 Å². The molecule has 0 heterocycles. The summed E-state index contributed by atoms with van der Waals surface area (Å²) in [5.74, 6) is 0.659. The molecule has 0 aromatic heterocycles. The minimum atomic E-state index is -0.246. The molecule has 3 N–H and O–H groups in total.